The first-order valence-corrected chi connectivity index (χ1v) is 35.9. The normalized spacial score (nSPS) is 15.1. The molecule has 2 aliphatic rings. The molecule has 0 unspecified atom stereocenters. The molecule has 0 radical (unpaired) electrons. The van der Waals surface area contributed by atoms with Crippen LogP contribution in [0.3, 0.4) is 0 Å². The summed E-state index contributed by atoms with van der Waals surface area (Å²) in [6, 6.07) is 20.0. The van der Waals surface area contributed by atoms with Crippen LogP contribution in [0.25, 0.3) is 0 Å². The number of carbonyl (C=O) groups excluding carboxylic acids is 3. The highest BCUT2D eigenvalue weighted by molar-refractivity contribution is 7.89. The average Bonchev–Trinajstić information content (AvgIpc) is 0.786. The van der Waals surface area contributed by atoms with Crippen LogP contribution < -0.4 is 30.7 Å². The van der Waals surface area contributed by atoms with Gasteiger partial charge in [0.05, 0.1) is 129 Å². The first-order chi connectivity index (χ1) is 45.3. The molecule has 524 valence electrons. The second-order valence-corrected chi connectivity index (χ2v) is 27.2. The monoisotopic (exact) mass is 1430 g/mol. The van der Waals surface area contributed by atoms with Crippen molar-refractivity contribution >= 4 is 84.4 Å². The van der Waals surface area contributed by atoms with Gasteiger partial charge in [0.25, 0.3) is 0 Å². The van der Waals surface area contributed by atoms with E-state index >= 15 is 0 Å². The Hall–Kier alpha value is -4.57. The number of hydrogen-bond donors (Lipinski definition) is 6. The maximum Gasteiger partial charge on any atom is 0.314 e. The minimum Gasteiger partial charge on any atom is -0.379 e. The Morgan fingerprint density at radius 2 is 0.819 bits per heavy atom. The molecule has 6 N–H and O–H groups in total. The summed E-state index contributed by atoms with van der Waals surface area (Å²) in [6.45, 7) is 10.9. The van der Waals surface area contributed by atoms with Crippen molar-refractivity contribution in [2.45, 2.75) is 48.1 Å². The van der Waals surface area contributed by atoms with E-state index in [1.807, 2.05) is 45.3 Å². The number of sulfonamides is 2. The minimum absolute atomic E-state index is 0.0388. The Morgan fingerprint density at radius 1 is 0.468 bits per heavy atom. The van der Waals surface area contributed by atoms with Crippen LogP contribution in [0.4, 0.5) is 9.59 Å². The van der Waals surface area contributed by atoms with Crippen LogP contribution in [-0.2, 0) is 80.6 Å². The van der Waals surface area contributed by atoms with E-state index in [0.29, 0.717) is 99.1 Å². The summed E-state index contributed by atoms with van der Waals surface area (Å²) in [5.74, 6) is -0.496. The number of carbonyl (C=O) groups is 3. The summed E-state index contributed by atoms with van der Waals surface area (Å²) < 4.78 is 108. The molecule has 0 spiro atoms. The van der Waals surface area contributed by atoms with E-state index in [9.17, 15) is 31.2 Å². The van der Waals surface area contributed by atoms with Gasteiger partial charge in [0, 0.05) is 117 Å². The molecule has 5 amide bonds. The second-order valence-electron chi connectivity index (χ2n) is 21.9. The number of rotatable bonds is 46. The number of fused-ring (bicyclic) bond motifs is 2. The SMILES string of the molecule is CCOCCOCCOCCOCCOCCC(=O)N(CCNC(=O)NCCOCCOCCNS(=O)(=O)c1cccc([C@@H]2CN(C)Cc3c(Cl)cc(Cl)cc32)c1)CCNC(=O)NCCOCCOCCNS(=O)(=O)c1cccc([C@@H]2CN(C)Cc3c(Cl)cc(Cl)cc32)c1. The fraction of sp³-hybridized carbons (Fsp3) is 0.571. The molecule has 31 heteroatoms. The lowest BCUT2D eigenvalue weighted by Gasteiger charge is -2.33. The van der Waals surface area contributed by atoms with E-state index in [2.05, 4.69) is 40.5 Å². The maximum absolute atomic E-state index is 13.4. The molecule has 2 atom stereocenters. The van der Waals surface area contributed by atoms with Gasteiger partial charge in [-0.2, -0.15) is 0 Å². The molecule has 0 saturated carbocycles. The number of hydrogen-bond acceptors (Lipinski definition) is 18. The molecule has 4 aromatic carbocycles. The summed E-state index contributed by atoms with van der Waals surface area (Å²) >= 11 is 25.8. The number of ether oxygens (including phenoxy) is 9. The molecule has 0 aliphatic carbocycles. The van der Waals surface area contributed by atoms with Crippen LogP contribution in [0.2, 0.25) is 20.1 Å². The minimum atomic E-state index is -3.85. The quantitative estimate of drug-likeness (QED) is 0.0289. The van der Waals surface area contributed by atoms with Gasteiger partial charge in [0.1, 0.15) is 0 Å². The smallest absolute Gasteiger partial charge is 0.314 e. The lowest BCUT2D eigenvalue weighted by Crippen LogP contribution is -2.46. The summed E-state index contributed by atoms with van der Waals surface area (Å²) in [5.41, 5.74) is 5.56. The van der Waals surface area contributed by atoms with Crippen molar-refractivity contribution in [1.82, 2.24) is 45.4 Å². The highest BCUT2D eigenvalue weighted by Gasteiger charge is 2.30. The predicted molar refractivity (Wildman–Crippen MR) is 360 cm³/mol. The molecular weight excluding hydrogens is 1340 g/mol. The van der Waals surface area contributed by atoms with Gasteiger partial charge in [0.15, 0.2) is 0 Å². The van der Waals surface area contributed by atoms with E-state index in [1.54, 1.807) is 48.5 Å². The largest absolute Gasteiger partial charge is 0.379 e. The number of likely N-dealkylation sites (N-methyl/N-ethyl adjacent to an activating group) is 2. The van der Waals surface area contributed by atoms with Crippen molar-refractivity contribution in [2.75, 3.05) is 198 Å². The second kappa shape index (κ2) is 43.0. The summed E-state index contributed by atoms with van der Waals surface area (Å²) in [5, 5.41) is 13.1. The predicted octanol–water partition coefficient (Wildman–Crippen LogP) is 5.70. The van der Waals surface area contributed by atoms with E-state index in [0.717, 1.165) is 33.4 Å². The number of amides is 5. The van der Waals surface area contributed by atoms with Gasteiger partial charge in [-0.3, -0.25) is 4.79 Å². The van der Waals surface area contributed by atoms with E-state index in [-0.39, 0.29) is 152 Å². The number of nitrogens with one attached hydrogen (secondary N) is 6. The molecule has 25 nitrogen and oxygen atoms in total. The first kappa shape index (κ1) is 78.4. The molecule has 94 heavy (non-hydrogen) atoms. The van der Waals surface area contributed by atoms with Crippen molar-refractivity contribution in [3.05, 3.63) is 126 Å². The summed E-state index contributed by atoms with van der Waals surface area (Å²) in [4.78, 5) is 44.8. The van der Waals surface area contributed by atoms with Crippen molar-refractivity contribution in [3.63, 3.8) is 0 Å². The number of benzene rings is 4. The lowest BCUT2D eigenvalue weighted by atomic mass is 9.85. The Bertz CT molecular complexity index is 3020. The summed E-state index contributed by atoms with van der Waals surface area (Å²) in [6.07, 6.45) is 0.0469. The number of urea groups is 2. The van der Waals surface area contributed by atoms with Crippen LogP contribution >= 0.6 is 46.4 Å². The van der Waals surface area contributed by atoms with Crippen molar-refractivity contribution in [2.24, 2.45) is 0 Å². The van der Waals surface area contributed by atoms with Crippen LogP contribution in [0.5, 0.6) is 0 Å². The van der Waals surface area contributed by atoms with E-state index in [1.165, 1.54) is 4.90 Å². The average molecular weight is 1440 g/mol. The lowest BCUT2D eigenvalue weighted by molar-refractivity contribution is -0.132. The molecule has 2 aliphatic heterocycles. The molecule has 0 fully saturated rings. The van der Waals surface area contributed by atoms with Gasteiger partial charge in [-0.1, -0.05) is 70.7 Å². The van der Waals surface area contributed by atoms with Gasteiger partial charge in [-0.15, -0.1) is 0 Å². The zero-order chi connectivity index (χ0) is 67.6. The first-order valence-electron chi connectivity index (χ1n) is 31.4. The molecule has 0 bridgehead atoms. The van der Waals surface area contributed by atoms with Crippen LogP contribution in [0, 0.1) is 0 Å². The maximum atomic E-state index is 13.4. The molecule has 4 aromatic rings. The molecule has 0 saturated heterocycles. The Morgan fingerprint density at radius 3 is 1.21 bits per heavy atom. The van der Waals surface area contributed by atoms with Crippen molar-refractivity contribution in [3.8, 4) is 0 Å². The standard InChI is InChI=1S/C63H91Cl4N9O16S2/c1-4-84-25-26-90-33-34-92-36-35-91-32-27-85-20-11-61(77)76(18-12-68-62(78)70-14-21-86-28-30-88-23-16-72-93(80,81)51-9-5-7-47(37-51)55-43-74(2)45-57-53(55)39-49(64)41-59(57)66)19-13-69-63(79)71-15-22-87-29-31-89-24-17-73-94(82,83)52-10-6-8-48(38-52)56-44-75(3)46-58-54(56)40-50(65)42-60(58)67/h5-10,37-42,55-56,72-73H,4,11-36,43-46H2,1-3H3,(H2,68,70,78)(H2,69,71,79)/t55-,56-/m0/s1. The fourth-order valence-electron chi connectivity index (χ4n) is 10.3. The third-order valence-corrected chi connectivity index (χ3v) is 18.9. The van der Waals surface area contributed by atoms with Crippen LogP contribution in [-0.4, -0.2) is 248 Å². The van der Waals surface area contributed by atoms with Gasteiger partial charge >= 0.3 is 12.1 Å². The zero-order valence-electron chi connectivity index (χ0n) is 53.7. The van der Waals surface area contributed by atoms with Crippen molar-refractivity contribution in [1.29, 1.82) is 0 Å². The van der Waals surface area contributed by atoms with Crippen LogP contribution in [0.15, 0.2) is 82.6 Å². The molecule has 2 heterocycles. The topological polar surface area (TPSA) is 284 Å². The molecule has 6 rings (SSSR count). The van der Waals surface area contributed by atoms with E-state index < -0.39 is 32.1 Å². The van der Waals surface area contributed by atoms with E-state index in [4.69, 9.17) is 89.0 Å². The highest BCUT2D eigenvalue weighted by Crippen LogP contribution is 2.40. The van der Waals surface area contributed by atoms with Crippen molar-refractivity contribution < 1.29 is 73.9 Å². The molecular formula is C63H91Cl4N9O16S2. The van der Waals surface area contributed by atoms with Gasteiger partial charge in [0.2, 0.25) is 26.0 Å². The Labute approximate surface area is 573 Å². The fourth-order valence-corrected chi connectivity index (χ4v) is 13.5. The summed E-state index contributed by atoms with van der Waals surface area (Å²) in [7, 11) is -3.71. The van der Waals surface area contributed by atoms with Crippen LogP contribution in [0.1, 0.15) is 58.6 Å². The highest BCUT2D eigenvalue weighted by atomic mass is 35.5. The van der Waals surface area contributed by atoms with Gasteiger partial charge in [-0.25, -0.2) is 35.9 Å². The third kappa shape index (κ3) is 28.1. The Kier molecular flexibility index (Phi) is 35.8. The van der Waals surface area contributed by atoms with Gasteiger partial charge in [-0.05, 0) is 103 Å². The third-order valence-electron chi connectivity index (χ3n) is 14.9. The Balaban J connectivity index is 0.815. The molecule has 0 aromatic heterocycles. The zero-order valence-corrected chi connectivity index (χ0v) is 58.4. The number of nitrogens with zero attached hydrogens (tertiary/aromatic N) is 3. The van der Waals surface area contributed by atoms with Gasteiger partial charge < -0.3 is 78.6 Å². The number of halogens is 4.